The predicted octanol–water partition coefficient (Wildman–Crippen LogP) is 0.478. The molecular weight excluding hydrogens is 330 g/mol. The number of likely N-dealkylation sites (tertiary alicyclic amines) is 1. The molecule has 2 rings (SSSR count). The third kappa shape index (κ3) is 5.93. The highest BCUT2D eigenvalue weighted by Gasteiger charge is 2.19. The summed E-state index contributed by atoms with van der Waals surface area (Å²) >= 11 is 0. The van der Waals surface area contributed by atoms with Gasteiger partial charge in [-0.1, -0.05) is 12.1 Å². The lowest BCUT2D eigenvalue weighted by atomic mass is 10.1. The fourth-order valence-electron chi connectivity index (χ4n) is 2.51. The third-order valence-corrected chi connectivity index (χ3v) is 4.53. The Bertz CT molecular complexity index is 680. The highest BCUT2D eigenvalue weighted by atomic mass is 32.2. The highest BCUT2D eigenvalue weighted by molar-refractivity contribution is 7.88. The molecule has 7 nitrogen and oxygen atoms in total. The van der Waals surface area contributed by atoms with Crippen molar-refractivity contribution in [2.24, 2.45) is 0 Å². The molecular formula is C16H23N3O4S. The molecule has 2 amide bonds. The lowest BCUT2D eigenvalue weighted by Gasteiger charge is -2.15. The number of benzene rings is 1. The van der Waals surface area contributed by atoms with E-state index in [-0.39, 0.29) is 24.8 Å². The van der Waals surface area contributed by atoms with Crippen LogP contribution in [0.5, 0.6) is 0 Å². The topological polar surface area (TPSA) is 95.6 Å². The summed E-state index contributed by atoms with van der Waals surface area (Å²) in [6, 6.07) is 7.18. The van der Waals surface area contributed by atoms with Gasteiger partial charge in [-0.25, -0.2) is 13.1 Å². The molecule has 8 heteroatoms. The summed E-state index contributed by atoms with van der Waals surface area (Å²) in [7, 11) is -3.27. The molecule has 1 fully saturated rings. The van der Waals surface area contributed by atoms with Gasteiger partial charge >= 0.3 is 0 Å². The number of carbonyl (C=O) groups excluding carboxylic acids is 2. The van der Waals surface area contributed by atoms with Crippen LogP contribution in [-0.4, -0.2) is 51.0 Å². The summed E-state index contributed by atoms with van der Waals surface area (Å²) in [5.74, 6) is -0.182. The van der Waals surface area contributed by atoms with Gasteiger partial charge < -0.3 is 10.2 Å². The van der Waals surface area contributed by atoms with Crippen molar-refractivity contribution >= 4 is 21.8 Å². The van der Waals surface area contributed by atoms with Gasteiger partial charge in [0.25, 0.3) is 5.91 Å². The molecule has 2 N–H and O–H groups in total. The number of nitrogens with zero attached hydrogens (tertiary/aromatic N) is 1. The van der Waals surface area contributed by atoms with Crippen molar-refractivity contribution < 1.29 is 18.0 Å². The number of nitrogens with one attached hydrogen (secondary N) is 2. The minimum atomic E-state index is -3.27. The van der Waals surface area contributed by atoms with Crippen LogP contribution in [0.3, 0.4) is 0 Å². The first-order valence-corrected chi connectivity index (χ1v) is 9.84. The summed E-state index contributed by atoms with van der Waals surface area (Å²) in [5, 5.41) is 2.72. The van der Waals surface area contributed by atoms with Crippen molar-refractivity contribution in [2.45, 2.75) is 25.8 Å². The first-order chi connectivity index (χ1) is 11.3. The molecule has 0 bridgehead atoms. The van der Waals surface area contributed by atoms with Crippen molar-refractivity contribution in [1.82, 2.24) is 14.9 Å². The molecule has 0 saturated carbocycles. The zero-order chi connectivity index (χ0) is 17.6. The average Bonchev–Trinajstić information content (AvgIpc) is 3.06. The van der Waals surface area contributed by atoms with Crippen LogP contribution in [0, 0.1) is 0 Å². The average molecular weight is 353 g/mol. The molecule has 1 aliphatic heterocycles. The van der Waals surface area contributed by atoms with E-state index in [4.69, 9.17) is 0 Å². The maximum Gasteiger partial charge on any atom is 0.253 e. The Balaban J connectivity index is 1.77. The molecule has 132 valence electrons. The number of hydrogen-bond acceptors (Lipinski definition) is 4. The minimum Gasteiger partial charge on any atom is -0.352 e. The highest BCUT2D eigenvalue weighted by Crippen LogP contribution is 2.13. The second kappa shape index (κ2) is 8.25. The molecule has 1 aromatic rings. The summed E-state index contributed by atoms with van der Waals surface area (Å²) in [4.78, 5) is 25.7. The fraction of sp³-hybridized carbons (Fsp3) is 0.500. The molecule has 0 atom stereocenters. The van der Waals surface area contributed by atoms with E-state index >= 15 is 0 Å². The van der Waals surface area contributed by atoms with Crippen LogP contribution >= 0.6 is 0 Å². The minimum absolute atomic E-state index is 0.0509. The Morgan fingerprint density at radius 2 is 1.75 bits per heavy atom. The molecule has 24 heavy (non-hydrogen) atoms. The van der Waals surface area contributed by atoms with E-state index in [1.807, 2.05) is 17.0 Å². The first kappa shape index (κ1) is 18.4. The van der Waals surface area contributed by atoms with E-state index in [1.54, 1.807) is 12.1 Å². The molecule has 1 aliphatic rings. The Labute approximate surface area is 142 Å². The maximum atomic E-state index is 12.2. The van der Waals surface area contributed by atoms with Crippen molar-refractivity contribution in [3.05, 3.63) is 35.4 Å². The Morgan fingerprint density at radius 1 is 1.12 bits per heavy atom. The molecule has 0 aliphatic carbocycles. The van der Waals surface area contributed by atoms with Crippen LogP contribution in [0.2, 0.25) is 0 Å². The smallest absolute Gasteiger partial charge is 0.253 e. The number of amides is 2. The third-order valence-electron chi connectivity index (χ3n) is 3.80. The Kier molecular flexibility index (Phi) is 6.33. The quantitative estimate of drug-likeness (QED) is 0.745. The first-order valence-electron chi connectivity index (χ1n) is 7.95. The fourth-order valence-corrected chi connectivity index (χ4v) is 2.98. The Hall–Kier alpha value is -1.93. The van der Waals surface area contributed by atoms with Crippen molar-refractivity contribution in [3.8, 4) is 0 Å². The van der Waals surface area contributed by atoms with Crippen LogP contribution in [0.15, 0.2) is 24.3 Å². The van der Waals surface area contributed by atoms with Gasteiger partial charge in [-0.3, -0.25) is 9.59 Å². The van der Waals surface area contributed by atoms with Crippen LogP contribution in [0.1, 0.15) is 35.2 Å². The van der Waals surface area contributed by atoms with Crippen LogP contribution in [-0.2, 0) is 21.4 Å². The van der Waals surface area contributed by atoms with Gasteiger partial charge in [0.15, 0.2) is 0 Å². The summed E-state index contributed by atoms with van der Waals surface area (Å²) in [6.45, 7) is 2.06. The monoisotopic (exact) mass is 353 g/mol. The van der Waals surface area contributed by atoms with Crippen molar-refractivity contribution in [2.75, 3.05) is 25.9 Å². The van der Waals surface area contributed by atoms with Gasteiger partial charge in [0.05, 0.1) is 6.26 Å². The summed E-state index contributed by atoms with van der Waals surface area (Å²) in [6.07, 6.45) is 3.25. The van der Waals surface area contributed by atoms with Crippen LogP contribution in [0.4, 0.5) is 0 Å². The van der Waals surface area contributed by atoms with Crippen molar-refractivity contribution in [3.63, 3.8) is 0 Å². The summed E-state index contributed by atoms with van der Waals surface area (Å²) in [5.41, 5.74) is 1.54. The van der Waals surface area contributed by atoms with Gasteiger partial charge in [-0.05, 0) is 30.5 Å². The Morgan fingerprint density at radius 3 is 2.33 bits per heavy atom. The van der Waals surface area contributed by atoms with Crippen molar-refractivity contribution in [1.29, 1.82) is 0 Å². The number of carbonyl (C=O) groups is 2. The maximum absolute atomic E-state index is 12.2. The number of rotatable bonds is 7. The van der Waals surface area contributed by atoms with Gasteiger partial charge in [0, 0.05) is 38.2 Å². The molecule has 0 unspecified atom stereocenters. The van der Waals surface area contributed by atoms with Gasteiger partial charge in [-0.15, -0.1) is 0 Å². The SMILES string of the molecule is CS(=O)(=O)NCCC(=O)NCc1ccc(C(=O)N2CCCC2)cc1. The normalized spacial score (nSPS) is 14.6. The van der Waals surface area contributed by atoms with Gasteiger partial charge in [0.1, 0.15) is 0 Å². The van der Waals surface area contributed by atoms with E-state index < -0.39 is 10.0 Å². The predicted molar refractivity (Wildman–Crippen MR) is 90.9 cm³/mol. The second-order valence-corrected chi connectivity index (χ2v) is 7.72. The molecule has 1 aromatic carbocycles. The van der Waals surface area contributed by atoms with E-state index in [0.717, 1.165) is 37.8 Å². The lowest BCUT2D eigenvalue weighted by Crippen LogP contribution is -2.30. The largest absolute Gasteiger partial charge is 0.352 e. The standard InChI is InChI=1S/C16H23N3O4S/c1-24(22,23)18-9-8-15(20)17-12-13-4-6-14(7-5-13)16(21)19-10-2-3-11-19/h4-7,18H,2-3,8-12H2,1H3,(H,17,20). The summed E-state index contributed by atoms with van der Waals surface area (Å²) < 4.78 is 24.1. The molecule has 0 aromatic heterocycles. The van der Waals surface area contributed by atoms with Gasteiger partial charge in [0.2, 0.25) is 15.9 Å². The van der Waals surface area contributed by atoms with E-state index in [9.17, 15) is 18.0 Å². The van der Waals surface area contributed by atoms with Crippen LogP contribution < -0.4 is 10.0 Å². The second-order valence-electron chi connectivity index (χ2n) is 5.89. The van der Waals surface area contributed by atoms with E-state index in [1.165, 1.54) is 0 Å². The van der Waals surface area contributed by atoms with Crippen LogP contribution in [0.25, 0.3) is 0 Å². The van der Waals surface area contributed by atoms with Gasteiger partial charge in [-0.2, -0.15) is 0 Å². The molecule has 1 saturated heterocycles. The zero-order valence-corrected chi connectivity index (χ0v) is 14.6. The molecule has 1 heterocycles. The lowest BCUT2D eigenvalue weighted by molar-refractivity contribution is -0.121. The molecule has 0 spiro atoms. The molecule has 0 radical (unpaired) electrons. The zero-order valence-electron chi connectivity index (χ0n) is 13.7. The number of hydrogen-bond donors (Lipinski definition) is 2. The van der Waals surface area contributed by atoms with E-state index in [2.05, 4.69) is 10.0 Å². The van der Waals surface area contributed by atoms with E-state index in [0.29, 0.717) is 12.1 Å². The number of sulfonamides is 1.